The lowest BCUT2D eigenvalue weighted by molar-refractivity contribution is 0.102. The largest absolute Gasteiger partial charge is 0.508 e. The number of nitrogens with one attached hydrogen (secondary N) is 1. The van der Waals surface area contributed by atoms with Gasteiger partial charge in [0.05, 0.1) is 15.6 Å². The number of amides is 1. The number of carbonyl (C=O) groups is 1. The molecule has 0 aliphatic heterocycles. The molecular formula is C19H12Cl3NO5. The number of hydrogen-bond acceptors (Lipinski definition) is 5. The normalized spacial score (nSPS) is 10.5. The summed E-state index contributed by atoms with van der Waals surface area (Å²) in [6.07, 6.45) is 0. The number of ether oxygens (including phenoxy) is 1. The Morgan fingerprint density at radius 2 is 1.54 bits per heavy atom. The predicted octanol–water partition coefficient (Wildman–Crippen LogP) is 5.81. The van der Waals surface area contributed by atoms with E-state index >= 15 is 0 Å². The molecule has 4 N–H and O–H groups in total. The molecule has 0 aromatic heterocycles. The van der Waals surface area contributed by atoms with E-state index in [4.69, 9.17) is 39.5 Å². The summed E-state index contributed by atoms with van der Waals surface area (Å²) in [5.74, 6) is -0.958. The third kappa shape index (κ3) is 4.54. The summed E-state index contributed by atoms with van der Waals surface area (Å²) in [6, 6.07) is 10.8. The molecule has 1 amide bonds. The van der Waals surface area contributed by atoms with Crippen LogP contribution in [0.3, 0.4) is 0 Å². The lowest BCUT2D eigenvalue weighted by Crippen LogP contribution is -2.12. The van der Waals surface area contributed by atoms with Gasteiger partial charge >= 0.3 is 0 Å². The molecule has 144 valence electrons. The third-order valence-corrected chi connectivity index (χ3v) is 4.37. The fraction of sp³-hybridized carbons (Fsp3) is 0. The lowest BCUT2D eigenvalue weighted by atomic mass is 10.1. The Bertz CT molecular complexity index is 1050. The number of anilines is 1. The van der Waals surface area contributed by atoms with Gasteiger partial charge in [0.25, 0.3) is 5.91 Å². The van der Waals surface area contributed by atoms with Crippen molar-refractivity contribution in [2.75, 3.05) is 5.32 Å². The smallest absolute Gasteiger partial charge is 0.259 e. The summed E-state index contributed by atoms with van der Waals surface area (Å²) in [4.78, 5) is 12.4. The first-order valence-electron chi connectivity index (χ1n) is 7.72. The van der Waals surface area contributed by atoms with E-state index in [0.29, 0.717) is 5.69 Å². The Hall–Kier alpha value is -2.80. The lowest BCUT2D eigenvalue weighted by Gasteiger charge is -2.12. The minimum Gasteiger partial charge on any atom is -0.508 e. The van der Waals surface area contributed by atoms with Crippen LogP contribution in [0.2, 0.25) is 15.1 Å². The van der Waals surface area contributed by atoms with Gasteiger partial charge in [-0.05, 0) is 30.3 Å². The maximum Gasteiger partial charge on any atom is 0.259 e. The van der Waals surface area contributed by atoms with Gasteiger partial charge in [0.1, 0.15) is 28.7 Å². The van der Waals surface area contributed by atoms with E-state index in [-0.39, 0.29) is 43.6 Å². The van der Waals surface area contributed by atoms with Gasteiger partial charge in [-0.3, -0.25) is 4.79 Å². The van der Waals surface area contributed by atoms with Gasteiger partial charge in [0, 0.05) is 28.9 Å². The third-order valence-electron chi connectivity index (χ3n) is 3.57. The van der Waals surface area contributed by atoms with Crippen molar-refractivity contribution in [3.05, 3.63) is 69.2 Å². The average Bonchev–Trinajstić information content (AvgIpc) is 2.59. The Labute approximate surface area is 174 Å². The predicted molar refractivity (Wildman–Crippen MR) is 107 cm³/mol. The van der Waals surface area contributed by atoms with Crippen molar-refractivity contribution in [3.63, 3.8) is 0 Å². The quantitative estimate of drug-likeness (QED) is 0.410. The van der Waals surface area contributed by atoms with Crippen LogP contribution in [-0.4, -0.2) is 21.2 Å². The van der Waals surface area contributed by atoms with E-state index in [1.54, 1.807) is 0 Å². The molecule has 0 radical (unpaired) electrons. The summed E-state index contributed by atoms with van der Waals surface area (Å²) in [5.41, 5.74) is 0.237. The molecule has 0 atom stereocenters. The van der Waals surface area contributed by atoms with Crippen molar-refractivity contribution in [1.29, 1.82) is 0 Å². The van der Waals surface area contributed by atoms with Crippen molar-refractivity contribution in [3.8, 4) is 28.7 Å². The van der Waals surface area contributed by atoms with Crippen LogP contribution < -0.4 is 10.1 Å². The van der Waals surface area contributed by atoms with Crippen LogP contribution in [0.15, 0.2) is 48.5 Å². The van der Waals surface area contributed by atoms with E-state index in [0.717, 1.165) is 6.07 Å². The van der Waals surface area contributed by atoms with Crippen LogP contribution in [0.25, 0.3) is 0 Å². The number of benzene rings is 3. The molecule has 0 bridgehead atoms. The van der Waals surface area contributed by atoms with Gasteiger partial charge in [-0.1, -0.05) is 34.8 Å². The number of hydrogen-bond donors (Lipinski definition) is 4. The Morgan fingerprint density at radius 3 is 2.18 bits per heavy atom. The molecule has 0 aliphatic rings. The van der Waals surface area contributed by atoms with Crippen LogP contribution in [0.5, 0.6) is 28.7 Å². The van der Waals surface area contributed by atoms with Crippen molar-refractivity contribution in [2.45, 2.75) is 0 Å². The molecule has 6 nitrogen and oxygen atoms in total. The number of aromatic hydroxyl groups is 3. The summed E-state index contributed by atoms with van der Waals surface area (Å²) in [5, 5.41) is 31.8. The second kappa shape index (κ2) is 8.06. The van der Waals surface area contributed by atoms with Crippen LogP contribution in [0.4, 0.5) is 5.69 Å². The van der Waals surface area contributed by atoms with Crippen molar-refractivity contribution < 1.29 is 24.9 Å². The highest BCUT2D eigenvalue weighted by Gasteiger charge is 2.16. The Kier molecular flexibility index (Phi) is 5.74. The molecule has 9 heteroatoms. The van der Waals surface area contributed by atoms with Crippen LogP contribution in [-0.2, 0) is 0 Å². The first kappa shape index (κ1) is 19.9. The molecule has 0 unspecified atom stereocenters. The van der Waals surface area contributed by atoms with Crippen molar-refractivity contribution in [1.82, 2.24) is 0 Å². The van der Waals surface area contributed by atoms with E-state index in [1.807, 2.05) is 0 Å². The second-order valence-electron chi connectivity index (χ2n) is 5.67. The Balaban J connectivity index is 1.80. The Morgan fingerprint density at radius 1 is 0.857 bits per heavy atom. The summed E-state index contributed by atoms with van der Waals surface area (Å²) < 4.78 is 5.53. The molecule has 0 heterocycles. The van der Waals surface area contributed by atoms with Crippen LogP contribution in [0, 0.1) is 0 Å². The van der Waals surface area contributed by atoms with E-state index in [1.165, 1.54) is 42.5 Å². The topological polar surface area (TPSA) is 99.0 Å². The maximum absolute atomic E-state index is 12.4. The highest BCUT2D eigenvalue weighted by Crippen LogP contribution is 2.35. The minimum atomic E-state index is -0.635. The first-order chi connectivity index (χ1) is 13.2. The fourth-order valence-electron chi connectivity index (χ4n) is 2.35. The number of halogens is 3. The van der Waals surface area contributed by atoms with Gasteiger partial charge in [0.2, 0.25) is 0 Å². The van der Waals surface area contributed by atoms with E-state index in [9.17, 15) is 20.1 Å². The highest BCUT2D eigenvalue weighted by molar-refractivity contribution is 6.36. The standard InChI is InChI=1S/C19H12Cl3NO5/c20-9-3-14(18(26)16(22)4-9)19(27)23-10-1-2-17(15(21)5-10)28-13-7-11(24)6-12(25)8-13/h1-8,24-26H,(H,23,27). The summed E-state index contributed by atoms with van der Waals surface area (Å²) in [6.45, 7) is 0. The number of phenolic OH excluding ortho intramolecular Hbond substituents is 3. The molecular weight excluding hydrogens is 429 g/mol. The zero-order valence-electron chi connectivity index (χ0n) is 13.9. The van der Waals surface area contributed by atoms with Gasteiger partial charge in [-0.15, -0.1) is 0 Å². The SMILES string of the molecule is O=C(Nc1ccc(Oc2cc(O)cc(O)c2)c(Cl)c1)c1cc(Cl)cc(Cl)c1O. The fourth-order valence-corrected chi connectivity index (χ4v) is 3.07. The average molecular weight is 441 g/mol. The van der Waals surface area contributed by atoms with Gasteiger partial charge < -0.3 is 25.4 Å². The maximum atomic E-state index is 12.4. The summed E-state index contributed by atoms with van der Waals surface area (Å²) >= 11 is 17.9. The van der Waals surface area contributed by atoms with Crippen molar-refractivity contribution in [2.24, 2.45) is 0 Å². The van der Waals surface area contributed by atoms with Gasteiger partial charge in [0.15, 0.2) is 0 Å². The van der Waals surface area contributed by atoms with Crippen LogP contribution in [0.1, 0.15) is 10.4 Å². The molecule has 0 saturated carbocycles. The molecule has 3 aromatic carbocycles. The summed E-state index contributed by atoms with van der Waals surface area (Å²) in [7, 11) is 0. The zero-order chi connectivity index (χ0) is 20.4. The number of carbonyl (C=O) groups excluding carboxylic acids is 1. The van der Waals surface area contributed by atoms with Crippen molar-refractivity contribution >= 4 is 46.4 Å². The monoisotopic (exact) mass is 439 g/mol. The molecule has 3 aromatic rings. The molecule has 0 fully saturated rings. The molecule has 0 spiro atoms. The molecule has 3 rings (SSSR count). The molecule has 0 aliphatic carbocycles. The second-order valence-corrected chi connectivity index (χ2v) is 6.92. The molecule has 28 heavy (non-hydrogen) atoms. The number of phenols is 3. The number of rotatable bonds is 4. The van der Waals surface area contributed by atoms with Gasteiger partial charge in [-0.25, -0.2) is 0 Å². The highest BCUT2D eigenvalue weighted by atomic mass is 35.5. The van der Waals surface area contributed by atoms with E-state index < -0.39 is 11.7 Å². The molecule has 0 saturated heterocycles. The minimum absolute atomic E-state index is 0.0474. The van der Waals surface area contributed by atoms with Gasteiger partial charge in [-0.2, -0.15) is 0 Å². The van der Waals surface area contributed by atoms with E-state index in [2.05, 4.69) is 5.32 Å². The zero-order valence-corrected chi connectivity index (χ0v) is 16.2. The first-order valence-corrected chi connectivity index (χ1v) is 8.86. The van der Waals surface area contributed by atoms with Crippen LogP contribution >= 0.6 is 34.8 Å².